The fourth-order valence-electron chi connectivity index (χ4n) is 3.19. The van der Waals surface area contributed by atoms with E-state index in [0.717, 1.165) is 40.1 Å². The van der Waals surface area contributed by atoms with Crippen molar-refractivity contribution in [1.82, 2.24) is 19.5 Å². The van der Waals surface area contributed by atoms with Crippen molar-refractivity contribution in [3.63, 3.8) is 0 Å². The number of hydrogen-bond donors (Lipinski definition) is 1. The molecule has 0 saturated heterocycles. The third-order valence-electron chi connectivity index (χ3n) is 4.84. The van der Waals surface area contributed by atoms with Crippen LogP contribution in [0.5, 0.6) is 5.75 Å². The van der Waals surface area contributed by atoms with E-state index >= 15 is 0 Å². The van der Waals surface area contributed by atoms with Crippen LogP contribution in [0.4, 0.5) is 0 Å². The van der Waals surface area contributed by atoms with Gasteiger partial charge in [0, 0.05) is 50.0 Å². The van der Waals surface area contributed by atoms with Gasteiger partial charge in [0.25, 0.3) is 0 Å². The van der Waals surface area contributed by atoms with E-state index in [2.05, 4.69) is 15.0 Å². The molecule has 0 aliphatic carbocycles. The number of benzene rings is 1. The van der Waals surface area contributed by atoms with E-state index < -0.39 is 10.8 Å². The zero-order chi connectivity index (χ0) is 20.9. The van der Waals surface area contributed by atoms with Crippen LogP contribution in [0.2, 0.25) is 0 Å². The monoisotopic (exact) mass is 424 g/mol. The number of imidazole rings is 1. The summed E-state index contributed by atoms with van der Waals surface area (Å²) in [4.78, 5) is 12.1. The quantitative estimate of drug-likeness (QED) is 0.414. The summed E-state index contributed by atoms with van der Waals surface area (Å²) in [6.07, 6.45) is 6.46. The molecule has 0 fully saturated rings. The van der Waals surface area contributed by atoms with Gasteiger partial charge in [-0.25, -0.2) is 4.98 Å². The van der Waals surface area contributed by atoms with E-state index in [-0.39, 0.29) is 5.75 Å². The largest absolute Gasteiger partial charge is 0.493 e. The summed E-state index contributed by atoms with van der Waals surface area (Å²) < 4.78 is 25.9. The summed E-state index contributed by atoms with van der Waals surface area (Å²) in [7, 11) is 0.322. The summed E-state index contributed by atoms with van der Waals surface area (Å²) in [5.41, 5.74) is 4.29. The Kier molecular flexibility index (Phi) is 6.25. The number of hydrogen-bond acceptors (Lipinski definition) is 5. The highest BCUT2D eigenvalue weighted by Crippen LogP contribution is 2.23. The number of pyridine rings is 1. The molecule has 3 aromatic heterocycles. The molecular formula is C22H24N4O3S. The summed E-state index contributed by atoms with van der Waals surface area (Å²) in [6.45, 7) is 3.15. The van der Waals surface area contributed by atoms with Crippen LogP contribution in [0, 0.1) is 6.92 Å². The fraction of sp³-hybridized carbons (Fsp3) is 0.273. The van der Waals surface area contributed by atoms with Crippen molar-refractivity contribution in [2.24, 2.45) is 0 Å². The Hall–Kier alpha value is -2.97. The molecule has 0 bridgehead atoms. The molecule has 1 N–H and O–H groups in total. The molecular weight excluding hydrogens is 400 g/mol. The Bertz CT molecular complexity index is 1150. The van der Waals surface area contributed by atoms with Gasteiger partial charge >= 0.3 is 0 Å². The van der Waals surface area contributed by atoms with Crippen molar-refractivity contribution < 1.29 is 13.7 Å². The van der Waals surface area contributed by atoms with Crippen LogP contribution in [0.25, 0.3) is 16.7 Å². The Labute approximate surface area is 177 Å². The predicted molar refractivity (Wildman–Crippen MR) is 116 cm³/mol. The van der Waals surface area contributed by atoms with Crippen molar-refractivity contribution in [2.45, 2.75) is 24.3 Å². The third kappa shape index (κ3) is 4.44. The minimum absolute atomic E-state index is 0.269. The average Bonchev–Trinajstić information content (AvgIpc) is 3.43. The Morgan fingerprint density at radius 3 is 2.80 bits per heavy atom. The first-order chi connectivity index (χ1) is 14.7. The van der Waals surface area contributed by atoms with Gasteiger partial charge in [0.15, 0.2) is 5.16 Å². The molecule has 0 radical (unpaired) electrons. The van der Waals surface area contributed by atoms with Crippen molar-refractivity contribution in [1.29, 1.82) is 0 Å². The first-order valence-electron chi connectivity index (χ1n) is 9.73. The van der Waals surface area contributed by atoms with E-state index in [1.54, 1.807) is 13.3 Å². The molecule has 0 amide bonds. The topological polar surface area (TPSA) is 82.0 Å². The maximum Gasteiger partial charge on any atom is 0.197 e. The molecule has 30 heavy (non-hydrogen) atoms. The van der Waals surface area contributed by atoms with E-state index in [0.29, 0.717) is 18.4 Å². The minimum Gasteiger partial charge on any atom is -0.493 e. The smallest absolute Gasteiger partial charge is 0.197 e. The fourth-order valence-corrected chi connectivity index (χ4v) is 4.29. The Balaban J connectivity index is 1.50. The van der Waals surface area contributed by atoms with Crippen LogP contribution in [0.1, 0.15) is 17.7 Å². The molecule has 1 aromatic carbocycles. The number of H-pyrrole nitrogens is 1. The van der Waals surface area contributed by atoms with Gasteiger partial charge in [-0.2, -0.15) is 0 Å². The highest BCUT2D eigenvalue weighted by molar-refractivity contribution is 7.84. The molecule has 0 spiro atoms. The highest BCUT2D eigenvalue weighted by Gasteiger charge is 2.15. The first-order valence-corrected chi connectivity index (χ1v) is 11.1. The van der Waals surface area contributed by atoms with Crippen LogP contribution >= 0.6 is 0 Å². The third-order valence-corrected chi connectivity index (χ3v) is 6.00. The number of nitrogens with one attached hydrogen (secondary N) is 1. The highest BCUT2D eigenvalue weighted by atomic mass is 32.2. The average molecular weight is 425 g/mol. The SMILES string of the molecule is COCCCOc1ccnc(CS(=O)c2nc3ccc(-n4cccc4)cc3[nH]2)c1C. The standard InChI is InChI=1S/C22H24N4O3S/c1-16-20(23-9-8-21(16)29-13-5-12-28-2)15-30(27)22-24-18-7-6-17(14-19(18)25-22)26-10-3-4-11-26/h3-4,6-11,14H,5,12-13,15H2,1-2H3,(H,24,25). The second-order valence-electron chi connectivity index (χ2n) is 6.90. The Morgan fingerprint density at radius 2 is 2.00 bits per heavy atom. The predicted octanol–water partition coefficient (Wildman–Crippen LogP) is 3.78. The van der Waals surface area contributed by atoms with E-state index in [1.165, 1.54) is 0 Å². The maximum atomic E-state index is 13.0. The van der Waals surface area contributed by atoms with Crippen molar-refractivity contribution >= 4 is 21.8 Å². The summed E-state index contributed by atoms with van der Waals surface area (Å²) in [5.74, 6) is 1.03. The van der Waals surface area contributed by atoms with Crippen molar-refractivity contribution in [3.8, 4) is 11.4 Å². The zero-order valence-corrected chi connectivity index (χ0v) is 17.8. The number of rotatable bonds is 9. The maximum absolute atomic E-state index is 13.0. The van der Waals surface area contributed by atoms with Gasteiger partial charge in [0.05, 0.1) is 39.9 Å². The number of ether oxygens (including phenoxy) is 2. The van der Waals surface area contributed by atoms with Gasteiger partial charge < -0.3 is 19.0 Å². The minimum atomic E-state index is -1.35. The summed E-state index contributed by atoms with van der Waals surface area (Å²) in [5, 5.41) is 0.447. The van der Waals surface area contributed by atoms with Gasteiger partial charge in [-0.05, 0) is 43.3 Å². The summed E-state index contributed by atoms with van der Waals surface area (Å²) in [6, 6.07) is 11.7. The number of methoxy groups -OCH3 is 1. The van der Waals surface area contributed by atoms with Crippen LogP contribution in [-0.2, 0) is 21.3 Å². The number of fused-ring (bicyclic) bond motifs is 1. The molecule has 8 heteroatoms. The van der Waals surface area contributed by atoms with Crippen molar-refractivity contribution in [3.05, 3.63) is 66.2 Å². The molecule has 1 atom stereocenters. The van der Waals surface area contributed by atoms with Gasteiger partial charge in [-0.1, -0.05) is 0 Å². The van der Waals surface area contributed by atoms with Crippen molar-refractivity contribution in [2.75, 3.05) is 20.3 Å². The first kappa shape index (κ1) is 20.3. The second kappa shape index (κ2) is 9.23. The molecule has 0 aliphatic heterocycles. The Morgan fingerprint density at radius 1 is 1.17 bits per heavy atom. The van der Waals surface area contributed by atoms with E-state index in [1.807, 2.05) is 60.3 Å². The van der Waals surface area contributed by atoms with Gasteiger partial charge in [0.1, 0.15) is 5.75 Å². The van der Waals surface area contributed by atoms with Crippen LogP contribution in [-0.4, -0.2) is 44.1 Å². The van der Waals surface area contributed by atoms with Crippen LogP contribution < -0.4 is 4.74 Å². The summed E-state index contributed by atoms with van der Waals surface area (Å²) >= 11 is 0. The lowest BCUT2D eigenvalue weighted by Gasteiger charge is -2.11. The second-order valence-corrected chi connectivity index (χ2v) is 8.27. The molecule has 4 rings (SSSR count). The molecule has 0 aliphatic rings. The van der Waals surface area contributed by atoms with Crippen LogP contribution in [0.15, 0.2) is 60.1 Å². The lowest BCUT2D eigenvalue weighted by Crippen LogP contribution is -2.06. The van der Waals surface area contributed by atoms with Gasteiger partial charge in [0.2, 0.25) is 0 Å². The van der Waals surface area contributed by atoms with Gasteiger partial charge in [-0.15, -0.1) is 0 Å². The number of aromatic amines is 1. The lowest BCUT2D eigenvalue weighted by atomic mass is 10.2. The molecule has 4 aromatic rings. The van der Waals surface area contributed by atoms with Crippen LogP contribution in [0.3, 0.4) is 0 Å². The molecule has 3 heterocycles. The normalized spacial score (nSPS) is 12.3. The molecule has 7 nitrogen and oxygen atoms in total. The molecule has 156 valence electrons. The van der Waals surface area contributed by atoms with Gasteiger partial charge in [-0.3, -0.25) is 9.19 Å². The zero-order valence-electron chi connectivity index (χ0n) is 17.0. The number of nitrogens with zero attached hydrogens (tertiary/aromatic N) is 3. The number of aromatic nitrogens is 4. The molecule has 0 saturated carbocycles. The van der Waals surface area contributed by atoms with E-state index in [4.69, 9.17) is 9.47 Å². The lowest BCUT2D eigenvalue weighted by molar-refractivity contribution is 0.172. The van der Waals surface area contributed by atoms with E-state index in [9.17, 15) is 4.21 Å². The molecule has 1 unspecified atom stereocenters.